The molecule has 0 aliphatic heterocycles. The van der Waals surface area contributed by atoms with Gasteiger partial charge in [-0.25, -0.2) is 0 Å². The lowest BCUT2D eigenvalue weighted by atomic mass is 10.0. The molecule has 0 saturated heterocycles. The Morgan fingerprint density at radius 3 is 2.76 bits per heavy atom. The third kappa shape index (κ3) is 6.49. The summed E-state index contributed by atoms with van der Waals surface area (Å²) in [6.45, 7) is 2.38. The zero-order valence-electron chi connectivity index (χ0n) is 15.9. The SMILES string of the molecule is CCOC(=O)CCCCO/N=C(\c1cccnc1)c1ccc([N+](=O)[O-])c(C=O)c1. The standard InChI is InChI=1S/C20H21N3O6/c1-2-28-19(25)7-3-4-11-29-22-20(16-6-5-10-21-13-16)15-8-9-18(23(26)27)17(12-15)14-24/h5-6,8-10,12-14H,2-4,7,11H2,1H3/b22-20-. The summed E-state index contributed by atoms with van der Waals surface area (Å²) in [5.74, 6) is -0.251. The van der Waals surface area contributed by atoms with E-state index < -0.39 is 4.92 Å². The minimum atomic E-state index is -0.617. The number of esters is 1. The quantitative estimate of drug-likeness (QED) is 0.142. The van der Waals surface area contributed by atoms with Crippen LogP contribution in [0.2, 0.25) is 0 Å². The number of hydrogen-bond acceptors (Lipinski definition) is 8. The van der Waals surface area contributed by atoms with Crippen LogP contribution in [0.5, 0.6) is 0 Å². The molecule has 0 aliphatic carbocycles. The molecule has 0 amide bonds. The number of pyridine rings is 1. The predicted octanol–water partition coefficient (Wildman–Crippen LogP) is 3.30. The molecule has 0 saturated carbocycles. The number of aromatic nitrogens is 1. The van der Waals surface area contributed by atoms with Gasteiger partial charge in [0, 0.05) is 36.0 Å². The van der Waals surface area contributed by atoms with Crippen molar-refractivity contribution < 1.29 is 24.1 Å². The molecule has 1 heterocycles. The molecular weight excluding hydrogens is 378 g/mol. The van der Waals surface area contributed by atoms with E-state index in [1.54, 1.807) is 31.5 Å². The molecular formula is C20H21N3O6. The van der Waals surface area contributed by atoms with Crippen LogP contribution in [-0.2, 0) is 14.4 Å². The van der Waals surface area contributed by atoms with Gasteiger partial charge in [0.1, 0.15) is 12.3 Å². The Balaban J connectivity index is 2.14. The van der Waals surface area contributed by atoms with Crippen LogP contribution in [0.3, 0.4) is 0 Å². The Labute approximate surface area is 167 Å². The van der Waals surface area contributed by atoms with Crippen molar-refractivity contribution in [2.24, 2.45) is 5.16 Å². The zero-order chi connectivity index (χ0) is 21.1. The Morgan fingerprint density at radius 1 is 1.28 bits per heavy atom. The molecule has 0 atom stereocenters. The molecule has 9 nitrogen and oxygen atoms in total. The number of nitrogens with zero attached hydrogens (tertiary/aromatic N) is 3. The van der Waals surface area contributed by atoms with E-state index in [-0.39, 0.29) is 23.8 Å². The zero-order valence-corrected chi connectivity index (χ0v) is 15.9. The first-order chi connectivity index (χ1) is 14.1. The lowest BCUT2D eigenvalue weighted by molar-refractivity contribution is -0.385. The van der Waals surface area contributed by atoms with Crippen LogP contribution in [0.4, 0.5) is 5.69 Å². The van der Waals surface area contributed by atoms with Crippen LogP contribution in [-0.4, -0.2) is 41.1 Å². The topological polar surface area (TPSA) is 121 Å². The molecule has 29 heavy (non-hydrogen) atoms. The summed E-state index contributed by atoms with van der Waals surface area (Å²) in [5.41, 5.74) is 1.16. The van der Waals surface area contributed by atoms with Crippen molar-refractivity contribution in [2.75, 3.05) is 13.2 Å². The van der Waals surface area contributed by atoms with Crippen molar-refractivity contribution in [3.8, 4) is 0 Å². The number of benzene rings is 1. The predicted molar refractivity (Wildman–Crippen MR) is 105 cm³/mol. The van der Waals surface area contributed by atoms with Crippen LogP contribution in [0.1, 0.15) is 47.7 Å². The highest BCUT2D eigenvalue weighted by Crippen LogP contribution is 2.21. The molecule has 0 N–H and O–H groups in total. The van der Waals surface area contributed by atoms with E-state index in [0.717, 1.165) is 0 Å². The Bertz CT molecular complexity index is 883. The second kappa shape index (κ2) is 11.3. The third-order valence-electron chi connectivity index (χ3n) is 3.89. The molecule has 1 aromatic carbocycles. The van der Waals surface area contributed by atoms with Gasteiger partial charge in [0.2, 0.25) is 0 Å². The average molecular weight is 399 g/mol. The van der Waals surface area contributed by atoms with E-state index in [2.05, 4.69) is 10.1 Å². The van der Waals surface area contributed by atoms with E-state index in [4.69, 9.17) is 9.57 Å². The molecule has 2 aromatic rings. The number of nitro benzene ring substituents is 1. The molecule has 1 aromatic heterocycles. The fraction of sp³-hybridized carbons (Fsp3) is 0.300. The highest BCUT2D eigenvalue weighted by Gasteiger charge is 2.17. The number of hydrogen-bond donors (Lipinski definition) is 0. The van der Waals surface area contributed by atoms with E-state index in [9.17, 15) is 19.7 Å². The van der Waals surface area contributed by atoms with Gasteiger partial charge in [-0.15, -0.1) is 0 Å². The van der Waals surface area contributed by atoms with Gasteiger partial charge >= 0.3 is 5.97 Å². The molecule has 152 valence electrons. The maximum absolute atomic E-state index is 11.3. The minimum absolute atomic E-state index is 0.0569. The summed E-state index contributed by atoms with van der Waals surface area (Å²) < 4.78 is 4.86. The van der Waals surface area contributed by atoms with Gasteiger partial charge in [0.25, 0.3) is 5.69 Å². The van der Waals surface area contributed by atoms with Crippen molar-refractivity contribution in [2.45, 2.75) is 26.2 Å². The van der Waals surface area contributed by atoms with Gasteiger partial charge < -0.3 is 9.57 Å². The Kier molecular flexibility index (Phi) is 8.43. The smallest absolute Gasteiger partial charge is 0.305 e. The average Bonchev–Trinajstić information content (AvgIpc) is 2.73. The van der Waals surface area contributed by atoms with Gasteiger partial charge in [-0.3, -0.25) is 24.7 Å². The summed E-state index contributed by atoms with van der Waals surface area (Å²) in [6.07, 6.45) is 5.11. The summed E-state index contributed by atoms with van der Waals surface area (Å²) in [7, 11) is 0. The maximum Gasteiger partial charge on any atom is 0.305 e. The third-order valence-corrected chi connectivity index (χ3v) is 3.89. The van der Waals surface area contributed by atoms with Crippen LogP contribution in [0, 0.1) is 10.1 Å². The van der Waals surface area contributed by atoms with Crippen LogP contribution in [0.15, 0.2) is 47.9 Å². The van der Waals surface area contributed by atoms with Gasteiger partial charge in [0.15, 0.2) is 6.29 Å². The van der Waals surface area contributed by atoms with E-state index >= 15 is 0 Å². The first-order valence-corrected chi connectivity index (χ1v) is 9.06. The van der Waals surface area contributed by atoms with Gasteiger partial charge in [-0.2, -0.15) is 0 Å². The summed E-state index contributed by atoms with van der Waals surface area (Å²) in [5, 5.41) is 15.2. The number of nitro groups is 1. The van der Waals surface area contributed by atoms with Crippen molar-refractivity contribution >= 4 is 23.7 Å². The second-order valence-corrected chi connectivity index (χ2v) is 5.93. The molecule has 0 fully saturated rings. The number of ether oxygens (including phenoxy) is 1. The molecule has 2 rings (SSSR count). The second-order valence-electron chi connectivity index (χ2n) is 5.93. The van der Waals surface area contributed by atoms with E-state index in [0.29, 0.717) is 49.0 Å². The van der Waals surface area contributed by atoms with Gasteiger partial charge in [-0.05, 0) is 44.0 Å². The fourth-order valence-corrected chi connectivity index (χ4v) is 2.52. The van der Waals surface area contributed by atoms with Gasteiger partial charge in [0.05, 0.1) is 17.1 Å². The molecule has 0 bridgehead atoms. The summed E-state index contributed by atoms with van der Waals surface area (Å²) in [4.78, 5) is 42.4. The first kappa shape index (κ1) is 21.7. The van der Waals surface area contributed by atoms with Crippen LogP contribution in [0.25, 0.3) is 0 Å². The summed E-state index contributed by atoms with van der Waals surface area (Å²) in [6, 6.07) is 7.63. The lowest BCUT2D eigenvalue weighted by Gasteiger charge is -2.08. The highest BCUT2D eigenvalue weighted by molar-refractivity contribution is 6.13. The molecule has 0 radical (unpaired) electrons. The maximum atomic E-state index is 11.3. The molecule has 0 aliphatic rings. The highest BCUT2D eigenvalue weighted by atomic mass is 16.6. The number of aldehydes is 1. The number of rotatable bonds is 11. The number of carbonyl (C=O) groups is 2. The Hall–Kier alpha value is -3.62. The number of unbranched alkanes of at least 4 members (excludes halogenated alkanes) is 1. The van der Waals surface area contributed by atoms with Crippen molar-refractivity contribution in [3.05, 3.63) is 69.5 Å². The summed E-state index contributed by atoms with van der Waals surface area (Å²) >= 11 is 0. The molecule has 0 spiro atoms. The van der Waals surface area contributed by atoms with Crippen molar-refractivity contribution in [3.63, 3.8) is 0 Å². The lowest BCUT2D eigenvalue weighted by Crippen LogP contribution is -2.07. The van der Waals surface area contributed by atoms with Gasteiger partial charge in [-0.1, -0.05) is 5.16 Å². The Morgan fingerprint density at radius 2 is 2.10 bits per heavy atom. The molecule has 0 unspecified atom stereocenters. The van der Waals surface area contributed by atoms with Crippen molar-refractivity contribution in [1.29, 1.82) is 0 Å². The van der Waals surface area contributed by atoms with E-state index in [1.165, 1.54) is 18.2 Å². The van der Waals surface area contributed by atoms with Crippen molar-refractivity contribution in [1.82, 2.24) is 4.98 Å². The van der Waals surface area contributed by atoms with E-state index in [1.807, 2.05) is 0 Å². The molecule has 9 heteroatoms. The minimum Gasteiger partial charge on any atom is -0.466 e. The van der Waals surface area contributed by atoms with Crippen LogP contribution < -0.4 is 0 Å². The monoisotopic (exact) mass is 399 g/mol. The normalized spacial score (nSPS) is 11.0. The largest absolute Gasteiger partial charge is 0.466 e. The van der Waals surface area contributed by atoms with Crippen LogP contribution >= 0.6 is 0 Å². The first-order valence-electron chi connectivity index (χ1n) is 9.06. The fourth-order valence-electron chi connectivity index (χ4n) is 2.52. The number of oxime groups is 1. The number of carbonyl (C=O) groups excluding carboxylic acids is 2.